The van der Waals surface area contributed by atoms with Crippen LogP contribution in [0.1, 0.15) is 15.9 Å². The van der Waals surface area contributed by atoms with Crippen molar-refractivity contribution in [1.82, 2.24) is 0 Å². The Morgan fingerprint density at radius 2 is 1.73 bits per heavy atom. The fourth-order valence-corrected chi connectivity index (χ4v) is 2.53. The Morgan fingerprint density at radius 1 is 1.04 bits per heavy atom. The molecule has 3 rings (SSSR count). The maximum Gasteiger partial charge on any atom is 0.335 e. The molecule has 4 N–H and O–H groups in total. The number of carbonyl (C=O) groups is 2. The molecule has 0 saturated heterocycles. The molecule has 0 spiro atoms. The van der Waals surface area contributed by atoms with Crippen LogP contribution in [0.15, 0.2) is 71.3 Å². The van der Waals surface area contributed by atoms with E-state index < -0.39 is 12.0 Å². The van der Waals surface area contributed by atoms with Gasteiger partial charge in [-0.05, 0) is 48.4 Å². The molecular weight excluding hydrogens is 332 g/mol. The molecule has 132 valence electrons. The Hall–Kier alpha value is -3.38. The molecule has 1 aromatic heterocycles. The molecule has 3 aromatic rings. The Bertz CT molecular complexity index is 885. The topological polar surface area (TPSA) is 106 Å². The van der Waals surface area contributed by atoms with Crippen LogP contribution in [0.4, 0.5) is 5.69 Å². The SMILES string of the molecule is NC(Cc1ccc(-c2ccco2)cc1)C(=O)Nc1ccc(C(=O)O)cc1. The van der Waals surface area contributed by atoms with Gasteiger partial charge in [-0.15, -0.1) is 0 Å². The van der Waals surface area contributed by atoms with Crippen LogP contribution >= 0.6 is 0 Å². The fraction of sp³-hybridized carbons (Fsp3) is 0.100. The van der Waals surface area contributed by atoms with Gasteiger partial charge in [-0.3, -0.25) is 4.79 Å². The summed E-state index contributed by atoms with van der Waals surface area (Å²) in [5.74, 6) is -0.566. The van der Waals surface area contributed by atoms with E-state index >= 15 is 0 Å². The highest BCUT2D eigenvalue weighted by atomic mass is 16.4. The molecule has 1 unspecified atom stereocenters. The van der Waals surface area contributed by atoms with Crippen molar-refractivity contribution >= 4 is 17.6 Å². The Kier molecular flexibility index (Phi) is 5.15. The quantitative estimate of drug-likeness (QED) is 0.633. The number of nitrogens with one attached hydrogen (secondary N) is 1. The van der Waals surface area contributed by atoms with E-state index in [0.29, 0.717) is 12.1 Å². The summed E-state index contributed by atoms with van der Waals surface area (Å²) in [6.07, 6.45) is 2.00. The molecule has 6 heteroatoms. The summed E-state index contributed by atoms with van der Waals surface area (Å²) in [5, 5.41) is 11.6. The molecule has 0 bridgehead atoms. The number of nitrogens with two attached hydrogens (primary N) is 1. The first-order chi connectivity index (χ1) is 12.5. The van der Waals surface area contributed by atoms with Crippen LogP contribution in [0.2, 0.25) is 0 Å². The molecule has 6 nitrogen and oxygen atoms in total. The lowest BCUT2D eigenvalue weighted by Crippen LogP contribution is -2.37. The van der Waals surface area contributed by atoms with E-state index in [-0.39, 0.29) is 11.5 Å². The average molecular weight is 350 g/mol. The lowest BCUT2D eigenvalue weighted by molar-refractivity contribution is -0.117. The Labute approximate surface area is 150 Å². The molecule has 2 aromatic carbocycles. The second kappa shape index (κ2) is 7.67. The predicted octanol–water partition coefficient (Wildman–Crippen LogP) is 3.15. The number of rotatable bonds is 6. The summed E-state index contributed by atoms with van der Waals surface area (Å²) >= 11 is 0. The molecule has 0 aliphatic carbocycles. The number of carboxylic acids is 1. The van der Waals surface area contributed by atoms with E-state index in [1.165, 1.54) is 24.3 Å². The lowest BCUT2D eigenvalue weighted by atomic mass is 10.0. The summed E-state index contributed by atoms with van der Waals surface area (Å²) < 4.78 is 5.34. The molecule has 1 atom stereocenters. The number of hydrogen-bond donors (Lipinski definition) is 3. The first-order valence-corrected chi connectivity index (χ1v) is 8.05. The molecule has 26 heavy (non-hydrogen) atoms. The highest BCUT2D eigenvalue weighted by Gasteiger charge is 2.15. The van der Waals surface area contributed by atoms with Crippen LogP contribution in [0, 0.1) is 0 Å². The number of hydrogen-bond acceptors (Lipinski definition) is 4. The van der Waals surface area contributed by atoms with Gasteiger partial charge in [0.15, 0.2) is 0 Å². The molecule has 0 aliphatic heterocycles. The van der Waals surface area contributed by atoms with Crippen LogP contribution in [-0.2, 0) is 11.2 Å². The third-order valence-electron chi connectivity index (χ3n) is 3.95. The van der Waals surface area contributed by atoms with Crippen LogP contribution in [0.25, 0.3) is 11.3 Å². The van der Waals surface area contributed by atoms with Crippen LogP contribution in [0.5, 0.6) is 0 Å². The van der Waals surface area contributed by atoms with Crippen molar-refractivity contribution in [1.29, 1.82) is 0 Å². The summed E-state index contributed by atoms with van der Waals surface area (Å²) in [5.41, 5.74) is 8.53. The molecule has 1 amide bonds. The average Bonchev–Trinajstić information content (AvgIpc) is 3.17. The maximum atomic E-state index is 12.2. The van der Waals surface area contributed by atoms with Crippen LogP contribution in [-0.4, -0.2) is 23.0 Å². The van der Waals surface area contributed by atoms with Gasteiger partial charge in [0.2, 0.25) is 5.91 Å². The van der Waals surface area contributed by atoms with E-state index in [4.69, 9.17) is 15.3 Å². The van der Waals surface area contributed by atoms with E-state index in [1.54, 1.807) is 6.26 Å². The smallest absolute Gasteiger partial charge is 0.335 e. The lowest BCUT2D eigenvalue weighted by Gasteiger charge is -2.13. The fourth-order valence-electron chi connectivity index (χ4n) is 2.53. The van der Waals surface area contributed by atoms with Gasteiger partial charge in [0.05, 0.1) is 17.9 Å². The third kappa shape index (κ3) is 4.17. The monoisotopic (exact) mass is 350 g/mol. The molecule has 0 fully saturated rings. The van der Waals surface area contributed by atoms with Gasteiger partial charge in [0, 0.05) is 11.3 Å². The van der Waals surface area contributed by atoms with Gasteiger partial charge in [0.1, 0.15) is 5.76 Å². The third-order valence-corrected chi connectivity index (χ3v) is 3.95. The van der Waals surface area contributed by atoms with Crippen molar-refractivity contribution in [2.45, 2.75) is 12.5 Å². The minimum Gasteiger partial charge on any atom is -0.478 e. The zero-order chi connectivity index (χ0) is 18.5. The minimum absolute atomic E-state index is 0.156. The highest BCUT2D eigenvalue weighted by Crippen LogP contribution is 2.20. The number of anilines is 1. The first-order valence-electron chi connectivity index (χ1n) is 8.05. The van der Waals surface area contributed by atoms with Gasteiger partial charge in [-0.2, -0.15) is 0 Å². The van der Waals surface area contributed by atoms with Crippen molar-refractivity contribution in [2.75, 3.05) is 5.32 Å². The summed E-state index contributed by atoms with van der Waals surface area (Å²) in [4.78, 5) is 23.1. The van der Waals surface area contributed by atoms with Gasteiger partial charge in [0.25, 0.3) is 0 Å². The molecule has 0 radical (unpaired) electrons. The standard InChI is InChI=1S/C20H18N2O4/c21-17(19(23)22-16-9-7-15(8-10-16)20(24)25)12-13-3-5-14(6-4-13)18-2-1-11-26-18/h1-11,17H,12,21H2,(H,22,23)(H,24,25). The maximum absolute atomic E-state index is 12.2. The number of furan rings is 1. The normalized spacial score (nSPS) is 11.7. The van der Waals surface area contributed by atoms with Gasteiger partial charge < -0.3 is 20.6 Å². The largest absolute Gasteiger partial charge is 0.478 e. The second-order valence-corrected chi connectivity index (χ2v) is 5.86. The Morgan fingerprint density at radius 3 is 2.31 bits per heavy atom. The molecular formula is C20H18N2O4. The predicted molar refractivity (Wildman–Crippen MR) is 97.9 cm³/mol. The van der Waals surface area contributed by atoms with Crippen molar-refractivity contribution in [2.24, 2.45) is 5.73 Å². The Balaban J connectivity index is 1.59. The van der Waals surface area contributed by atoms with Crippen molar-refractivity contribution in [3.63, 3.8) is 0 Å². The van der Waals surface area contributed by atoms with Gasteiger partial charge >= 0.3 is 5.97 Å². The van der Waals surface area contributed by atoms with Crippen LogP contribution < -0.4 is 11.1 Å². The number of carboxylic acid groups (broad SMARTS) is 1. The highest BCUT2D eigenvalue weighted by molar-refractivity contribution is 5.95. The van der Waals surface area contributed by atoms with Crippen molar-refractivity contribution < 1.29 is 19.1 Å². The zero-order valence-electron chi connectivity index (χ0n) is 13.9. The van der Waals surface area contributed by atoms with E-state index in [1.807, 2.05) is 36.4 Å². The minimum atomic E-state index is -1.02. The number of aromatic carboxylic acids is 1. The van der Waals surface area contributed by atoms with E-state index in [9.17, 15) is 9.59 Å². The number of benzene rings is 2. The molecule has 0 saturated carbocycles. The first kappa shape index (κ1) is 17.4. The number of carbonyl (C=O) groups excluding carboxylic acids is 1. The molecule has 1 heterocycles. The molecule has 0 aliphatic rings. The van der Waals surface area contributed by atoms with Gasteiger partial charge in [-0.25, -0.2) is 4.79 Å². The van der Waals surface area contributed by atoms with Crippen LogP contribution in [0.3, 0.4) is 0 Å². The van der Waals surface area contributed by atoms with E-state index in [2.05, 4.69) is 5.32 Å². The van der Waals surface area contributed by atoms with Gasteiger partial charge in [-0.1, -0.05) is 24.3 Å². The summed E-state index contributed by atoms with van der Waals surface area (Å²) in [7, 11) is 0. The number of amides is 1. The zero-order valence-corrected chi connectivity index (χ0v) is 13.9. The summed E-state index contributed by atoms with van der Waals surface area (Å²) in [6, 6.07) is 16.6. The second-order valence-electron chi connectivity index (χ2n) is 5.86. The van der Waals surface area contributed by atoms with E-state index in [0.717, 1.165) is 16.9 Å². The van der Waals surface area contributed by atoms with Crippen molar-refractivity contribution in [3.8, 4) is 11.3 Å². The summed E-state index contributed by atoms with van der Waals surface area (Å²) in [6.45, 7) is 0. The van der Waals surface area contributed by atoms with Crippen molar-refractivity contribution in [3.05, 3.63) is 78.1 Å².